The second-order valence-corrected chi connectivity index (χ2v) is 5.45. The molecule has 0 aromatic heterocycles. The third-order valence-electron chi connectivity index (χ3n) is 2.68. The molecular weight excluding hydrogens is 306 g/mol. The van der Waals surface area contributed by atoms with Crippen LogP contribution in [0.25, 0.3) is 11.1 Å². The summed E-state index contributed by atoms with van der Waals surface area (Å²) in [5.74, 6) is 0.222. The number of ether oxygens (including phenoxy) is 1. The Morgan fingerprint density at radius 3 is 2.32 bits per heavy atom. The van der Waals surface area contributed by atoms with E-state index in [1.807, 2.05) is 6.26 Å². The molecule has 0 amide bonds. The first-order chi connectivity index (χ1) is 9.08. The van der Waals surface area contributed by atoms with E-state index in [-0.39, 0.29) is 5.82 Å². The van der Waals surface area contributed by atoms with E-state index in [0.717, 1.165) is 0 Å². The predicted molar refractivity (Wildman–Crippen MR) is 80.2 cm³/mol. The lowest BCUT2D eigenvalue weighted by molar-refractivity contribution is 0.405. The van der Waals surface area contributed by atoms with Crippen LogP contribution < -0.4 is 4.74 Å². The van der Waals surface area contributed by atoms with Crippen LogP contribution in [-0.4, -0.2) is 13.4 Å². The molecule has 0 heterocycles. The summed E-state index contributed by atoms with van der Waals surface area (Å²) in [7, 11) is 1.54. The van der Waals surface area contributed by atoms with Crippen molar-refractivity contribution in [1.82, 2.24) is 0 Å². The standard InChI is InChI=1S/C14H11Cl2FOS/c1-18-14-9(6-8(17)7-12(14)19-2)13-10(15)4-3-5-11(13)16/h3-7H,1-2H3. The van der Waals surface area contributed by atoms with Crippen LogP contribution in [-0.2, 0) is 0 Å². The number of hydrogen-bond acceptors (Lipinski definition) is 2. The van der Waals surface area contributed by atoms with Gasteiger partial charge in [0.2, 0.25) is 0 Å². The van der Waals surface area contributed by atoms with E-state index >= 15 is 0 Å². The molecule has 0 N–H and O–H groups in total. The van der Waals surface area contributed by atoms with E-state index in [4.69, 9.17) is 27.9 Å². The van der Waals surface area contributed by atoms with Gasteiger partial charge in [0.05, 0.1) is 22.1 Å². The molecule has 0 radical (unpaired) electrons. The Labute approximate surface area is 125 Å². The lowest BCUT2D eigenvalue weighted by Gasteiger charge is -2.15. The van der Waals surface area contributed by atoms with Crippen molar-refractivity contribution in [2.45, 2.75) is 4.90 Å². The van der Waals surface area contributed by atoms with Gasteiger partial charge in [-0.15, -0.1) is 11.8 Å². The summed E-state index contributed by atoms with van der Waals surface area (Å²) in [6.07, 6.45) is 1.86. The van der Waals surface area contributed by atoms with E-state index in [0.29, 0.717) is 31.8 Å². The Morgan fingerprint density at radius 2 is 1.79 bits per heavy atom. The maximum atomic E-state index is 13.7. The summed E-state index contributed by atoms with van der Waals surface area (Å²) in [5.41, 5.74) is 1.14. The normalized spacial score (nSPS) is 10.6. The second-order valence-electron chi connectivity index (χ2n) is 3.79. The molecule has 0 spiro atoms. The maximum Gasteiger partial charge on any atom is 0.140 e. The van der Waals surface area contributed by atoms with Crippen molar-refractivity contribution < 1.29 is 9.13 Å². The summed E-state index contributed by atoms with van der Waals surface area (Å²) < 4.78 is 19.1. The van der Waals surface area contributed by atoms with E-state index in [1.165, 1.54) is 23.9 Å². The summed E-state index contributed by atoms with van der Waals surface area (Å²) in [5, 5.41) is 0.923. The number of hydrogen-bond donors (Lipinski definition) is 0. The predicted octanol–water partition coefficient (Wildman–Crippen LogP) is 5.53. The molecule has 1 nitrogen and oxygen atoms in total. The Balaban J connectivity index is 2.78. The largest absolute Gasteiger partial charge is 0.495 e. The zero-order chi connectivity index (χ0) is 14.0. The molecule has 0 aliphatic carbocycles. The van der Waals surface area contributed by atoms with Gasteiger partial charge in [-0.05, 0) is 30.5 Å². The van der Waals surface area contributed by atoms with Crippen LogP contribution in [0.5, 0.6) is 5.75 Å². The molecule has 0 fully saturated rings. The highest BCUT2D eigenvalue weighted by atomic mass is 35.5. The average Bonchev–Trinajstić information content (AvgIpc) is 2.37. The van der Waals surface area contributed by atoms with E-state index in [1.54, 1.807) is 25.3 Å². The first-order valence-corrected chi connectivity index (χ1v) is 7.42. The van der Waals surface area contributed by atoms with Crippen LogP contribution in [0.3, 0.4) is 0 Å². The fourth-order valence-corrected chi connectivity index (χ4v) is 3.08. The molecule has 0 saturated carbocycles. The molecule has 0 aliphatic heterocycles. The zero-order valence-corrected chi connectivity index (χ0v) is 12.7. The Kier molecular flexibility index (Phi) is 4.61. The third kappa shape index (κ3) is 2.83. The molecule has 2 aromatic carbocycles. The second kappa shape index (κ2) is 6.04. The summed E-state index contributed by atoms with van der Waals surface area (Å²) in [6.45, 7) is 0. The van der Waals surface area contributed by atoms with Crippen molar-refractivity contribution in [1.29, 1.82) is 0 Å². The van der Waals surface area contributed by atoms with Gasteiger partial charge in [-0.2, -0.15) is 0 Å². The summed E-state index contributed by atoms with van der Waals surface area (Å²) in [4.78, 5) is 0.702. The topological polar surface area (TPSA) is 9.23 Å². The quantitative estimate of drug-likeness (QED) is 0.688. The van der Waals surface area contributed by atoms with Gasteiger partial charge in [0.1, 0.15) is 11.6 Å². The highest BCUT2D eigenvalue weighted by molar-refractivity contribution is 7.98. The van der Waals surface area contributed by atoms with Crippen molar-refractivity contribution in [3.8, 4) is 16.9 Å². The van der Waals surface area contributed by atoms with Gasteiger partial charge in [-0.25, -0.2) is 4.39 Å². The molecule has 5 heteroatoms. The molecule has 0 unspecified atom stereocenters. The number of thioether (sulfide) groups is 1. The number of methoxy groups -OCH3 is 1. The van der Waals surface area contributed by atoms with Gasteiger partial charge in [0.25, 0.3) is 0 Å². The van der Waals surface area contributed by atoms with Crippen molar-refractivity contribution >= 4 is 35.0 Å². The first kappa shape index (κ1) is 14.5. The molecular formula is C14H11Cl2FOS. The lowest BCUT2D eigenvalue weighted by atomic mass is 10.0. The monoisotopic (exact) mass is 316 g/mol. The molecule has 100 valence electrons. The first-order valence-electron chi connectivity index (χ1n) is 5.44. The van der Waals surface area contributed by atoms with Crippen LogP contribution in [0.15, 0.2) is 35.2 Å². The molecule has 0 aliphatic rings. The highest BCUT2D eigenvalue weighted by Crippen LogP contribution is 2.43. The van der Waals surface area contributed by atoms with Gasteiger partial charge in [0, 0.05) is 11.1 Å². The van der Waals surface area contributed by atoms with Gasteiger partial charge < -0.3 is 4.74 Å². The van der Waals surface area contributed by atoms with Crippen LogP contribution in [0.1, 0.15) is 0 Å². The fraction of sp³-hybridized carbons (Fsp3) is 0.143. The third-order valence-corrected chi connectivity index (χ3v) is 4.05. The lowest BCUT2D eigenvalue weighted by Crippen LogP contribution is -1.93. The van der Waals surface area contributed by atoms with Gasteiger partial charge in [-0.3, -0.25) is 0 Å². The highest BCUT2D eigenvalue weighted by Gasteiger charge is 2.17. The van der Waals surface area contributed by atoms with Crippen molar-refractivity contribution in [2.75, 3.05) is 13.4 Å². The number of halogens is 3. The van der Waals surface area contributed by atoms with Gasteiger partial charge in [-0.1, -0.05) is 29.3 Å². The van der Waals surface area contributed by atoms with Crippen LogP contribution in [0, 0.1) is 5.82 Å². The van der Waals surface area contributed by atoms with Gasteiger partial charge >= 0.3 is 0 Å². The fourth-order valence-electron chi connectivity index (χ4n) is 1.87. The smallest absolute Gasteiger partial charge is 0.140 e. The molecule has 0 atom stereocenters. The molecule has 0 bridgehead atoms. The van der Waals surface area contributed by atoms with Crippen molar-refractivity contribution in [3.05, 3.63) is 46.2 Å². The van der Waals surface area contributed by atoms with E-state index < -0.39 is 0 Å². The minimum absolute atomic E-state index is 0.351. The van der Waals surface area contributed by atoms with Crippen molar-refractivity contribution in [3.63, 3.8) is 0 Å². The maximum absolute atomic E-state index is 13.7. The van der Waals surface area contributed by atoms with E-state index in [2.05, 4.69) is 0 Å². The molecule has 0 saturated heterocycles. The Morgan fingerprint density at radius 1 is 1.16 bits per heavy atom. The summed E-state index contributed by atoms with van der Waals surface area (Å²) >= 11 is 13.7. The Hall–Kier alpha value is -0.900. The van der Waals surface area contributed by atoms with Gasteiger partial charge in [0.15, 0.2) is 0 Å². The number of rotatable bonds is 3. The Bertz CT molecular complexity index is 596. The SMILES string of the molecule is COc1c(SC)cc(F)cc1-c1c(Cl)cccc1Cl. The zero-order valence-electron chi connectivity index (χ0n) is 10.3. The minimum Gasteiger partial charge on any atom is -0.495 e. The number of benzene rings is 2. The van der Waals surface area contributed by atoms with Crippen LogP contribution >= 0.6 is 35.0 Å². The van der Waals surface area contributed by atoms with E-state index in [9.17, 15) is 4.39 Å². The minimum atomic E-state index is -0.351. The van der Waals surface area contributed by atoms with Crippen molar-refractivity contribution in [2.24, 2.45) is 0 Å². The molecule has 2 rings (SSSR count). The summed E-state index contributed by atoms with van der Waals surface area (Å²) in [6, 6.07) is 7.98. The molecule has 19 heavy (non-hydrogen) atoms. The average molecular weight is 317 g/mol. The van der Waals surface area contributed by atoms with Crippen LogP contribution in [0.4, 0.5) is 4.39 Å². The van der Waals surface area contributed by atoms with Crippen LogP contribution in [0.2, 0.25) is 10.0 Å². The molecule has 2 aromatic rings.